The number of para-hydroxylation sites is 1. The number of hydrogen-bond donors (Lipinski definition) is 2. The van der Waals surface area contributed by atoms with Gasteiger partial charge < -0.3 is 39.5 Å². The van der Waals surface area contributed by atoms with Crippen molar-refractivity contribution in [2.75, 3.05) is 84.4 Å². The van der Waals surface area contributed by atoms with Gasteiger partial charge in [-0.15, -0.1) is 24.8 Å². The van der Waals surface area contributed by atoms with Crippen molar-refractivity contribution in [1.82, 2.24) is 15.1 Å². The highest BCUT2D eigenvalue weighted by Crippen LogP contribution is 2.32. The monoisotopic (exact) mass is 745 g/mol. The highest BCUT2D eigenvalue weighted by atomic mass is 35.5. The Morgan fingerprint density at radius 3 is 2.25 bits per heavy atom. The minimum Gasteiger partial charge on any atom is -0.495 e. The van der Waals surface area contributed by atoms with E-state index in [1.165, 1.54) is 7.11 Å². The third-order valence-corrected chi connectivity index (χ3v) is 8.59. The first kappa shape index (κ1) is 43.1. The molecule has 3 amide bonds. The third kappa shape index (κ3) is 12.6. The Balaban J connectivity index is 0.00000451. The summed E-state index contributed by atoms with van der Waals surface area (Å²) < 4.78 is 17.6. The lowest BCUT2D eigenvalue weighted by Crippen LogP contribution is -2.47. The summed E-state index contributed by atoms with van der Waals surface area (Å²) in [4.78, 5) is 45.2. The minimum absolute atomic E-state index is 0. The number of ether oxygens (including phenoxy) is 3. The van der Waals surface area contributed by atoms with E-state index in [0.29, 0.717) is 59.4 Å². The number of nitrogens with zero attached hydrogens (tertiary/aromatic N) is 3. The maximum absolute atomic E-state index is 13.7. The summed E-state index contributed by atoms with van der Waals surface area (Å²) in [6.07, 6.45) is 3.87. The Morgan fingerprint density at radius 2 is 1.53 bits per heavy atom. The smallest absolute Gasteiger partial charge is 0.259 e. The van der Waals surface area contributed by atoms with E-state index in [9.17, 15) is 14.4 Å². The second-order valence-corrected chi connectivity index (χ2v) is 12.3. The fourth-order valence-corrected chi connectivity index (χ4v) is 5.60. The van der Waals surface area contributed by atoms with Crippen molar-refractivity contribution in [3.63, 3.8) is 0 Å². The van der Waals surface area contributed by atoms with Crippen molar-refractivity contribution in [2.24, 2.45) is 0 Å². The summed E-state index contributed by atoms with van der Waals surface area (Å²) >= 11 is 0. The molecule has 3 aromatic carbocycles. The molecule has 2 N–H and O–H groups in total. The number of carbonyl (C=O) groups excluding carboxylic acids is 3. The van der Waals surface area contributed by atoms with Crippen LogP contribution in [-0.4, -0.2) is 102 Å². The van der Waals surface area contributed by atoms with Gasteiger partial charge in [-0.2, -0.15) is 0 Å². The summed E-state index contributed by atoms with van der Waals surface area (Å²) in [7, 11) is 7.17. The van der Waals surface area contributed by atoms with Crippen molar-refractivity contribution in [2.45, 2.75) is 39.0 Å². The number of hydrogen-bond acceptors (Lipinski definition) is 8. The zero-order valence-electron chi connectivity index (χ0n) is 30.4. The number of benzene rings is 3. The van der Waals surface area contributed by atoms with Crippen LogP contribution < -0.4 is 29.7 Å². The largest absolute Gasteiger partial charge is 0.495 e. The van der Waals surface area contributed by atoms with Gasteiger partial charge in [-0.1, -0.05) is 18.2 Å². The van der Waals surface area contributed by atoms with Crippen LogP contribution in [0.1, 0.15) is 58.4 Å². The Morgan fingerprint density at radius 1 is 0.824 bits per heavy atom. The highest BCUT2D eigenvalue weighted by molar-refractivity contribution is 6.09. The quantitative estimate of drug-likeness (QED) is 0.160. The number of amides is 3. The van der Waals surface area contributed by atoms with Crippen LogP contribution in [0.2, 0.25) is 0 Å². The van der Waals surface area contributed by atoms with Crippen molar-refractivity contribution in [1.29, 1.82) is 0 Å². The first-order valence-electron chi connectivity index (χ1n) is 17.1. The minimum atomic E-state index is -0.346. The first-order valence-corrected chi connectivity index (χ1v) is 17.1. The third-order valence-electron chi connectivity index (χ3n) is 8.59. The van der Waals surface area contributed by atoms with Crippen LogP contribution in [0.25, 0.3) is 0 Å². The molecule has 1 aliphatic rings. The van der Waals surface area contributed by atoms with Gasteiger partial charge in [0.05, 0.1) is 37.3 Å². The predicted octanol–water partition coefficient (Wildman–Crippen LogP) is 6.08. The summed E-state index contributed by atoms with van der Waals surface area (Å²) in [5.41, 5.74) is 2.89. The van der Waals surface area contributed by atoms with Gasteiger partial charge in [-0.3, -0.25) is 14.4 Å². The second kappa shape index (κ2) is 22.0. The molecule has 3 aromatic rings. The number of piperazine rings is 1. The number of anilines is 2. The molecule has 4 rings (SSSR count). The average Bonchev–Trinajstić information content (AvgIpc) is 3.11. The van der Waals surface area contributed by atoms with Gasteiger partial charge in [0.15, 0.2) is 0 Å². The topological polar surface area (TPSA) is 113 Å². The molecule has 1 aliphatic heterocycles. The SMILES string of the molecule is CNCCCOc1ccccc1C(=O)Nc1ccc(C(=O)N(C)c2ccc(C)cc2OCCCCCC(=O)N2CCN(C)CC2)cc1OC.Cl.Cl. The summed E-state index contributed by atoms with van der Waals surface area (Å²) in [6, 6.07) is 17.8. The molecule has 280 valence electrons. The molecule has 1 saturated heterocycles. The summed E-state index contributed by atoms with van der Waals surface area (Å²) in [6.45, 7) is 7.21. The Bertz CT molecular complexity index is 1570. The van der Waals surface area contributed by atoms with Crippen LogP contribution in [0.3, 0.4) is 0 Å². The van der Waals surface area contributed by atoms with Crippen LogP contribution >= 0.6 is 24.8 Å². The van der Waals surface area contributed by atoms with Gasteiger partial charge in [0.25, 0.3) is 11.8 Å². The molecule has 0 spiro atoms. The predicted molar refractivity (Wildman–Crippen MR) is 208 cm³/mol. The van der Waals surface area contributed by atoms with Crippen LogP contribution in [-0.2, 0) is 4.79 Å². The van der Waals surface area contributed by atoms with E-state index in [1.54, 1.807) is 48.3 Å². The highest BCUT2D eigenvalue weighted by Gasteiger charge is 2.21. The zero-order valence-corrected chi connectivity index (χ0v) is 32.0. The van der Waals surface area contributed by atoms with E-state index in [2.05, 4.69) is 22.6 Å². The van der Waals surface area contributed by atoms with E-state index in [4.69, 9.17) is 14.2 Å². The van der Waals surface area contributed by atoms with Crippen molar-refractivity contribution in [3.05, 3.63) is 77.4 Å². The molecule has 1 heterocycles. The van der Waals surface area contributed by atoms with E-state index in [-0.39, 0.29) is 42.5 Å². The van der Waals surface area contributed by atoms with Gasteiger partial charge in [-0.05, 0) is 101 Å². The molecule has 0 atom stereocenters. The number of methoxy groups -OCH3 is 1. The molecule has 0 radical (unpaired) electrons. The maximum atomic E-state index is 13.7. The molecule has 0 saturated carbocycles. The lowest BCUT2D eigenvalue weighted by molar-refractivity contribution is -0.132. The zero-order chi connectivity index (χ0) is 35.2. The van der Waals surface area contributed by atoms with E-state index < -0.39 is 0 Å². The number of carbonyl (C=O) groups is 3. The number of nitrogens with one attached hydrogen (secondary N) is 2. The van der Waals surface area contributed by atoms with Gasteiger partial charge in [0, 0.05) is 45.2 Å². The van der Waals surface area contributed by atoms with Crippen LogP contribution in [0, 0.1) is 6.92 Å². The molecule has 13 heteroatoms. The lowest BCUT2D eigenvalue weighted by Gasteiger charge is -2.32. The van der Waals surface area contributed by atoms with E-state index in [1.807, 2.05) is 43.1 Å². The fourth-order valence-electron chi connectivity index (χ4n) is 5.60. The molecular formula is C38H53Cl2N5O6. The van der Waals surface area contributed by atoms with Crippen molar-refractivity contribution < 1.29 is 28.6 Å². The van der Waals surface area contributed by atoms with Gasteiger partial charge in [-0.25, -0.2) is 0 Å². The number of likely N-dealkylation sites (N-methyl/N-ethyl adjacent to an activating group) is 1. The molecule has 0 unspecified atom stereocenters. The van der Waals surface area contributed by atoms with Crippen molar-refractivity contribution in [3.8, 4) is 17.2 Å². The maximum Gasteiger partial charge on any atom is 0.259 e. The fraction of sp³-hybridized carbons (Fsp3) is 0.447. The van der Waals surface area contributed by atoms with E-state index in [0.717, 1.165) is 64.0 Å². The van der Waals surface area contributed by atoms with Gasteiger partial charge in [0.2, 0.25) is 5.91 Å². The molecule has 0 bridgehead atoms. The van der Waals surface area contributed by atoms with E-state index >= 15 is 0 Å². The average molecular weight is 747 g/mol. The Labute approximate surface area is 314 Å². The van der Waals surface area contributed by atoms with Gasteiger partial charge in [0.1, 0.15) is 17.2 Å². The number of rotatable bonds is 17. The number of aryl methyl sites for hydroxylation is 1. The Kier molecular flexibility index (Phi) is 18.6. The molecular weight excluding hydrogens is 693 g/mol. The van der Waals surface area contributed by atoms with Crippen LogP contribution in [0.15, 0.2) is 60.7 Å². The standard InChI is InChI=1S/C38H51N5O6.2ClH/c1-28-15-18-32(35(26-28)49-24-10-6-7-14-36(44)43-22-20-41(3)21-23-43)42(4)38(46)29-16-17-31(34(27-29)47-5)40-37(45)30-12-8-9-13-33(30)48-25-11-19-39-2;;/h8-9,12-13,15-18,26-27,39H,6-7,10-11,14,19-25H2,1-5H3,(H,40,45);2*1H. The molecule has 11 nitrogen and oxygen atoms in total. The Hall–Kier alpha value is -4.03. The molecule has 1 fully saturated rings. The second-order valence-electron chi connectivity index (χ2n) is 12.3. The summed E-state index contributed by atoms with van der Waals surface area (Å²) in [5, 5.41) is 5.98. The van der Waals surface area contributed by atoms with Crippen LogP contribution in [0.5, 0.6) is 17.2 Å². The van der Waals surface area contributed by atoms with Gasteiger partial charge >= 0.3 is 0 Å². The van der Waals surface area contributed by atoms with Crippen molar-refractivity contribution >= 4 is 53.9 Å². The molecule has 0 aliphatic carbocycles. The lowest BCUT2D eigenvalue weighted by atomic mass is 10.1. The first-order chi connectivity index (χ1) is 23.7. The number of unbranched alkanes of at least 4 members (excludes halogenated alkanes) is 2. The number of halogens is 2. The summed E-state index contributed by atoms with van der Waals surface area (Å²) in [5.74, 6) is 1.09. The van der Waals surface area contributed by atoms with Crippen LogP contribution in [0.4, 0.5) is 11.4 Å². The normalized spacial score (nSPS) is 12.6. The molecule has 51 heavy (non-hydrogen) atoms. The molecule has 0 aromatic heterocycles.